The fraction of sp³-hybridized carbons (Fsp3) is 0.200. The SMILES string of the molecule is CCOC(=O)/C(C#N)=C/c1ccc(N(C)CCOc2ccc(C3(c4ccc(OCCN(C)c5ccc(/C=C(\C#N)C(=O)OCC)cc5)cc4)c4ccccc4-c4ccccc43)cc2)cc1. The van der Waals surface area contributed by atoms with Gasteiger partial charge in [0.15, 0.2) is 0 Å². The second-order valence-corrected chi connectivity index (χ2v) is 15.4. The molecule has 10 heteroatoms. The first-order valence-corrected chi connectivity index (χ1v) is 21.6. The molecule has 65 heavy (non-hydrogen) atoms. The van der Waals surface area contributed by atoms with Gasteiger partial charge in [-0.2, -0.15) is 10.5 Å². The van der Waals surface area contributed by atoms with Crippen LogP contribution in [-0.4, -0.2) is 65.6 Å². The van der Waals surface area contributed by atoms with Gasteiger partial charge in [-0.05, 0) is 119 Å². The van der Waals surface area contributed by atoms with Gasteiger partial charge in [0.05, 0.1) is 31.7 Å². The van der Waals surface area contributed by atoms with Crippen molar-refractivity contribution in [3.8, 4) is 34.8 Å². The summed E-state index contributed by atoms with van der Waals surface area (Å²) in [5.41, 5.74) is 9.84. The number of hydrogen-bond acceptors (Lipinski definition) is 10. The molecule has 0 heterocycles. The number of benzene rings is 6. The molecular formula is C55H50N4O6. The van der Waals surface area contributed by atoms with Gasteiger partial charge in [0.1, 0.15) is 48.0 Å². The molecule has 0 atom stereocenters. The fourth-order valence-corrected chi connectivity index (χ4v) is 8.16. The van der Waals surface area contributed by atoms with E-state index in [0.717, 1.165) is 45.1 Å². The molecule has 326 valence electrons. The van der Waals surface area contributed by atoms with E-state index >= 15 is 0 Å². The average molecular weight is 863 g/mol. The largest absolute Gasteiger partial charge is 0.492 e. The minimum Gasteiger partial charge on any atom is -0.492 e. The molecule has 0 amide bonds. The Balaban J connectivity index is 1.03. The minimum absolute atomic E-state index is 0.0396. The van der Waals surface area contributed by atoms with Crippen molar-refractivity contribution < 1.29 is 28.5 Å². The highest BCUT2D eigenvalue weighted by atomic mass is 16.5. The van der Waals surface area contributed by atoms with Crippen LogP contribution >= 0.6 is 0 Å². The monoisotopic (exact) mass is 862 g/mol. The van der Waals surface area contributed by atoms with Crippen LogP contribution in [0, 0.1) is 22.7 Å². The van der Waals surface area contributed by atoms with Crippen LogP contribution < -0.4 is 19.3 Å². The molecule has 1 aliphatic rings. The molecule has 0 saturated heterocycles. The first kappa shape index (κ1) is 45.0. The van der Waals surface area contributed by atoms with E-state index in [1.807, 2.05) is 99.0 Å². The van der Waals surface area contributed by atoms with Gasteiger partial charge in [0.25, 0.3) is 0 Å². The van der Waals surface area contributed by atoms with Gasteiger partial charge in [-0.25, -0.2) is 9.59 Å². The van der Waals surface area contributed by atoms with Crippen LogP contribution in [0.5, 0.6) is 11.5 Å². The summed E-state index contributed by atoms with van der Waals surface area (Å²) in [6.07, 6.45) is 3.06. The van der Waals surface area contributed by atoms with E-state index in [1.165, 1.54) is 34.4 Å². The lowest BCUT2D eigenvalue weighted by Gasteiger charge is -2.34. The van der Waals surface area contributed by atoms with Gasteiger partial charge in [-0.3, -0.25) is 0 Å². The number of nitriles is 2. The van der Waals surface area contributed by atoms with Gasteiger partial charge in [0.2, 0.25) is 0 Å². The van der Waals surface area contributed by atoms with Crippen molar-refractivity contribution in [1.29, 1.82) is 10.5 Å². The zero-order valence-electron chi connectivity index (χ0n) is 37.0. The fourth-order valence-electron chi connectivity index (χ4n) is 8.16. The van der Waals surface area contributed by atoms with Crippen molar-refractivity contribution in [1.82, 2.24) is 0 Å². The number of likely N-dealkylation sites (N-methyl/N-ethyl adjacent to an activating group) is 2. The van der Waals surface area contributed by atoms with E-state index in [1.54, 1.807) is 13.8 Å². The predicted molar refractivity (Wildman–Crippen MR) is 255 cm³/mol. The van der Waals surface area contributed by atoms with Crippen LogP contribution in [0.4, 0.5) is 11.4 Å². The van der Waals surface area contributed by atoms with Crippen molar-refractivity contribution >= 4 is 35.5 Å². The molecule has 0 aliphatic heterocycles. The number of rotatable bonds is 18. The summed E-state index contributed by atoms with van der Waals surface area (Å²) in [5, 5.41) is 18.8. The zero-order valence-corrected chi connectivity index (χ0v) is 37.0. The van der Waals surface area contributed by atoms with E-state index in [0.29, 0.717) is 26.3 Å². The minimum atomic E-state index is -0.630. The summed E-state index contributed by atoms with van der Waals surface area (Å²) in [6, 6.07) is 53.2. The topological polar surface area (TPSA) is 125 Å². The number of ether oxygens (including phenoxy) is 4. The summed E-state index contributed by atoms with van der Waals surface area (Å²) in [5.74, 6) is 0.275. The highest BCUT2D eigenvalue weighted by Crippen LogP contribution is 2.56. The van der Waals surface area contributed by atoms with Crippen LogP contribution in [0.3, 0.4) is 0 Å². The Labute approximate surface area is 380 Å². The number of hydrogen-bond donors (Lipinski definition) is 0. The summed E-state index contributed by atoms with van der Waals surface area (Å²) in [4.78, 5) is 28.3. The maximum atomic E-state index is 12.0. The zero-order chi connectivity index (χ0) is 45.8. The van der Waals surface area contributed by atoms with Crippen LogP contribution in [0.1, 0.15) is 47.2 Å². The number of anilines is 2. The second-order valence-electron chi connectivity index (χ2n) is 15.4. The van der Waals surface area contributed by atoms with Gasteiger partial charge < -0.3 is 28.7 Å². The van der Waals surface area contributed by atoms with Crippen molar-refractivity contribution in [3.63, 3.8) is 0 Å². The third kappa shape index (κ3) is 9.94. The molecule has 0 fully saturated rings. The lowest BCUT2D eigenvalue weighted by atomic mass is 9.68. The first-order valence-electron chi connectivity index (χ1n) is 21.6. The average Bonchev–Trinajstić information content (AvgIpc) is 3.64. The van der Waals surface area contributed by atoms with Crippen molar-refractivity contribution in [2.75, 3.05) is 63.4 Å². The quantitative estimate of drug-likeness (QED) is 0.0468. The number of carbonyl (C=O) groups excluding carboxylic acids is 2. The molecule has 0 N–H and O–H groups in total. The molecule has 0 spiro atoms. The van der Waals surface area contributed by atoms with Crippen LogP contribution in [0.2, 0.25) is 0 Å². The van der Waals surface area contributed by atoms with Gasteiger partial charge in [0, 0.05) is 25.5 Å². The Morgan fingerprint density at radius 1 is 0.538 bits per heavy atom. The molecule has 1 aliphatic carbocycles. The standard InChI is InChI=1S/C55H50N4O6/c1-5-62-53(60)41(37-56)35-39-15-23-45(24-16-39)58(3)31-33-64-47-27-19-43(20-28-47)55(51-13-9-7-11-49(51)50-12-8-10-14-52(50)55)44-21-29-48(30-22-44)65-34-32-59(4)46-25-17-40(18-26-46)36-42(38-57)54(61)63-6-2/h7-30,35-36H,5-6,31-34H2,1-4H3/b41-35+,42-36+. The van der Waals surface area contributed by atoms with E-state index in [9.17, 15) is 20.1 Å². The smallest absolute Gasteiger partial charge is 0.348 e. The molecule has 0 radical (unpaired) electrons. The van der Waals surface area contributed by atoms with Crippen LogP contribution in [-0.2, 0) is 24.5 Å². The summed E-state index contributed by atoms with van der Waals surface area (Å²) in [7, 11) is 3.99. The maximum absolute atomic E-state index is 12.0. The van der Waals surface area contributed by atoms with Gasteiger partial charge >= 0.3 is 11.9 Å². The van der Waals surface area contributed by atoms with Crippen molar-refractivity contribution in [2.45, 2.75) is 19.3 Å². The van der Waals surface area contributed by atoms with Crippen molar-refractivity contribution in [3.05, 3.63) is 190 Å². The molecule has 0 saturated carbocycles. The molecule has 6 aromatic carbocycles. The number of nitrogens with zero attached hydrogens (tertiary/aromatic N) is 4. The molecule has 0 unspecified atom stereocenters. The number of carbonyl (C=O) groups is 2. The van der Waals surface area contributed by atoms with Crippen molar-refractivity contribution in [2.24, 2.45) is 0 Å². The second kappa shape index (κ2) is 20.9. The third-order valence-electron chi connectivity index (χ3n) is 11.4. The molecule has 6 aromatic rings. The Kier molecular flexibility index (Phi) is 14.4. The van der Waals surface area contributed by atoms with Gasteiger partial charge in [-0.15, -0.1) is 0 Å². The molecule has 0 bridgehead atoms. The number of esters is 2. The first-order chi connectivity index (χ1) is 31.7. The molecular weight excluding hydrogens is 813 g/mol. The lowest BCUT2D eigenvalue weighted by Crippen LogP contribution is -2.28. The van der Waals surface area contributed by atoms with E-state index in [2.05, 4.69) is 82.6 Å². The Morgan fingerprint density at radius 3 is 1.26 bits per heavy atom. The summed E-state index contributed by atoms with van der Waals surface area (Å²) in [6.45, 7) is 6.01. The highest BCUT2D eigenvalue weighted by Gasteiger charge is 2.45. The van der Waals surface area contributed by atoms with Crippen LogP contribution in [0.25, 0.3) is 23.3 Å². The molecule has 10 nitrogen and oxygen atoms in total. The Morgan fingerprint density at radius 2 is 0.908 bits per heavy atom. The van der Waals surface area contributed by atoms with E-state index < -0.39 is 17.4 Å². The lowest BCUT2D eigenvalue weighted by molar-refractivity contribution is -0.138. The Bertz CT molecular complexity index is 2570. The third-order valence-corrected chi connectivity index (χ3v) is 11.4. The normalized spacial score (nSPS) is 12.5. The molecule has 0 aromatic heterocycles. The number of fused-ring (bicyclic) bond motifs is 3. The van der Waals surface area contributed by atoms with Crippen LogP contribution in [0.15, 0.2) is 157 Å². The highest BCUT2D eigenvalue weighted by molar-refractivity contribution is 5.98. The summed E-state index contributed by atoms with van der Waals surface area (Å²) >= 11 is 0. The summed E-state index contributed by atoms with van der Waals surface area (Å²) < 4.78 is 22.5. The van der Waals surface area contributed by atoms with Gasteiger partial charge in [-0.1, -0.05) is 97.1 Å². The van der Waals surface area contributed by atoms with E-state index in [-0.39, 0.29) is 24.4 Å². The van der Waals surface area contributed by atoms with E-state index in [4.69, 9.17) is 18.9 Å². The maximum Gasteiger partial charge on any atom is 0.348 e. The predicted octanol–water partition coefficient (Wildman–Crippen LogP) is 10.0. The Hall–Kier alpha value is -8.08. The molecule has 7 rings (SSSR count).